The van der Waals surface area contributed by atoms with Crippen molar-refractivity contribution in [2.75, 3.05) is 28.8 Å². The molecule has 3 rings (SSSR count). The van der Waals surface area contributed by atoms with E-state index in [0.717, 1.165) is 23.1 Å². The van der Waals surface area contributed by atoms with Crippen LogP contribution in [0.15, 0.2) is 52.9 Å². The van der Waals surface area contributed by atoms with Crippen molar-refractivity contribution >= 4 is 57.2 Å². The molecule has 0 unspecified atom stereocenters. The maximum absolute atomic E-state index is 12.1. The second-order valence-electron chi connectivity index (χ2n) is 5.82. The molecule has 3 aromatic rings. The number of ether oxygens (including phenoxy) is 1. The van der Waals surface area contributed by atoms with E-state index in [0.29, 0.717) is 21.5 Å². The zero-order valence-electron chi connectivity index (χ0n) is 16.0. The summed E-state index contributed by atoms with van der Waals surface area (Å²) in [6.07, 6.45) is 0. The lowest BCUT2D eigenvalue weighted by Gasteiger charge is -2.05. The zero-order valence-corrected chi connectivity index (χ0v) is 17.7. The topological polar surface area (TPSA) is 148 Å². The van der Waals surface area contributed by atoms with Crippen molar-refractivity contribution in [1.82, 2.24) is 10.2 Å². The number of methoxy groups -OCH3 is 1. The Morgan fingerprint density at radius 3 is 2.32 bits per heavy atom. The maximum atomic E-state index is 12.1. The average molecular weight is 460 g/mol. The molecule has 1 aromatic heterocycles. The fourth-order valence-corrected chi connectivity index (χ4v) is 3.79. The fraction of sp³-hybridized carbons (Fsp3) is 0.111. The van der Waals surface area contributed by atoms with Crippen LogP contribution in [0.2, 0.25) is 0 Å². The van der Waals surface area contributed by atoms with Crippen LogP contribution in [0.25, 0.3) is 0 Å². The SMILES string of the molecule is COc1ccc(NC(=O)Nc2nnc(SCC(=O)Nc3ccc([N+](=O)[O-])cc3)s2)cc1. The predicted octanol–water partition coefficient (Wildman–Crippen LogP) is 3.83. The molecule has 0 saturated carbocycles. The van der Waals surface area contributed by atoms with Crippen molar-refractivity contribution in [3.05, 3.63) is 58.6 Å². The first kappa shape index (κ1) is 22.0. The number of anilines is 3. The number of hydrogen-bond acceptors (Lipinski definition) is 9. The number of nitrogens with one attached hydrogen (secondary N) is 3. The summed E-state index contributed by atoms with van der Waals surface area (Å²) in [5.74, 6) is 0.430. The van der Waals surface area contributed by atoms with Crippen LogP contribution < -0.4 is 20.7 Å². The van der Waals surface area contributed by atoms with Crippen molar-refractivity contribution in [2.24, 2.45) is 0 Å². The van der Waals surface area contributed by atoms with Crippen molar-refractivity contribution in [3.8, 4) is 5.75 Å². The number of non-ortho nitro benzene ring substituents is 1. The van der Waals surface area contributed by atoms with Gasteiger partial charge in [-0.2, -0.15) is 0 Å². The number of amides is 3. The van der Waals surface area contributed by atoms with E-state index < -0.39 is 11.0 Å². The average Bonchev–Trinajstić information content (AvgIpc) is 3.20. The highest BCUT2D eigenvalue weighted by Gasteiger charge is 2.12. The Kier molecular flexibility index (Phi) is 7.35. The Balaban J connectivity index is 1.45. The van der Waals surface area contributed by atoms with Gasteiger partial charge in [0.1, 0.15) is 5.75 Å². The number of aromatic nitrogens is 2. The number of thioether (sulfide) groups is 1. The third-order valence-electron chi connectivity index (χ3n) is 3.66. The Bertz CT molecular complexity index is 1070. The normalized spacial score (nSPS) is 10.2. The van der Waals surface area contributed by atoms with E-state index in [1.807, 2.05) is 0 Å². The molecule has 1 heterocycles. The number of benzene rings is 2. The highest BCUT2D eigenvalue weighted by molar-refractivity contribution is 8.01. The molecule has 3 N–H and O–H groups in total. The first-order valence-electron chi connectivity index (χ1n) is 8.65. The highest BCUT2D eigenvalue weighted by Crippen LogP contribution is 2.26. The molecular weight excluding hydrogens is 444 g/mol. The van der Waals surface area contributed by atoms with E-state index in [9.17, 15) is 19.7 Å². The summed E-state index contributed by atoms with van der Waals surface area (Å²) in [4.78, 5) is 34.2. The predicted molar refractivity (Wildman–Crippen MR) is 118 cm³/mol. The lowest BCUT2D eigenvalue weighted by atomic mass is 10.3. The summed E-state index contributed by atoms with van der Waals surface area (Å²) in [5.41, 5.74) is 0.976. The summed E-state index contributed by atoms with van der Waals surface area (Å²) in [7, 11) is 1.56. The van der Waals surface area contributed by atoms with Gasteiger partial charge in [-0.05, 0) is 36.4 Å². The van der Waals surface area contributed by atoms with Crippen molar-refractivity contribution in [2.45, 2.75) is 4.34 Å². The molecule has 3 amide bonds. The summed E-state index contributed by atoms with van der Waals surface area (Å²) in [5, 5.41) is 26.6. The van der Waals surface area contributed by atoms with E-state index in [2.05, 4.69) is 26.1 Å². The van der Waals surface area contributed by atoms with E-state index >= 15 is 0 Å². The smallest absolute Gasteiger partial charge is 0.325 e. The monoisotopic (exact) mass is 460 g/mol. The molecule has 160 valence electrons. The van der Waals surface area contributed by atoms with Crippen LogP contribution in [0, 0.1) is 10.1 Å². The van der Waals surface area contributed by atoms with Gasteiger partial charge in [-0.1, -0.05) is 23.1 Å². The number of nitrogens with zero attached hydrogens (tertiary/aromatic N) is 3. The molecule has 31 heavy (non-hydrogen) atoms. The molecule has 0 bridgehead atoms. The van der Waals surface area contributed by atoms with Crippen molar-refractivity contribution in [3.63, 3.8) is 0 Å². The number of nitro groups is 1. The summed E-state index contributed by atoms with van der Waals surface area (Å²) < 4.78 is 5.56. The van der Waals surface area contributed by atoms with Gasteiger partial charge in [-0.15, -0.1) is 10.2 Å². The largest absolute Gasteiger partial charge is 0.497 e. The lowest BCUT2D eigenvalue weighted by molar-refractivity contribution is -0.384. The van der Waals surface area contributed by atoms with Gasteiger partial charge in [0.2, 0.25) is 11.0 Å². The third-order valence-corrected chi connectivity index (χ3v) is 5.64. The van der Waals surface area contributed by atoms with Crippen molar-refractivity contribution < 1.29 is 19.2 Å². The minimum Gasteiger partial charge on any atom is -0.497 e. The minimum atomic E-state index is -0.514. The first-order valence-corrected chi connectivity index (χ1v) is 10.5. The van der Waals surface area contributed by atoms with Crippen LogP contribution in [0.3, 0.4) is 0 Å². The summed E-state index contributed by atoms with van der Waals surface area (Å²) in [6, 6.07) is 11.9. The summed E-state index contributed by atoms with van der Waals surface area (Å²) >= 11 is 2.28. The van der Waals surface area contributed by atoms with Crippen molar-refractivity contribution in [1.29, 1.82) is 0 Å². The van der Waals surface area contributed by atoms with Gasteiger partial charge in [0.05, 0.1) is 17.8 Å². The van der Waals surface area contributed by atoms with Crippen LogP contribution in [0.5, 0.6) is 5.75 Å². The van der Waals surface area contributed by atoms with Gasteiger partial charge in [0.15, 0.2) is 4.34 Å². The zero-order chi connectivity index (χ0) is 22.2. The van der Waals surface area contributed by atoms with E-state index in [1.165, 1.54) is 24.3 Å². The lowest BCUT2D eigenvalue weighted by Crippen LogP contribution is -2.19. The molecule has 11 nitrogen and oxygen atoms in total. The van der Waals surface area contributed by atoms with E-state index in [1.54, 1.807) is 31.4 Å². The minimum absolute atomic E-state index is 0.0581. The van der Waals surface area contributed by atoms with E-state index in [-0.39, 0.29) is 22.5 Å². The quantitative estimate of drug-likeness (QED) is 0.199. The van der Waals surface area contributed by atoms with Gasteiger partial charge >= 0.3 is 6.03 Å². The molecule has 2 aromatic carbocycles. The Morgan fingerprint density at radius 1 is 1.03 bits per heavy atom. The molecular formula is C18H16N6O5S2. The Labute approximate surface area is 184 Å². The molecule has 0 aliphatic carbocycles. The number of nitro benzene ring substituents is 1. The van der Waals surface area contributed by atoms with Gasteiger partial charge in [0, 0.05) is 23.5 Å². The van der Waals surface area contributed by atoms with Crippen LogP contribution in [-0.4, -0.2) is 39.9 Å². The molecule has 0 radical (unpaired) electrons. The number of carbonyl (C=O) groups is 2. The second kappa shape index (κ2) is 10.4. The van der Waals surface area contributed by atoms with Crippen LogP contribution in [0.4, 0.5) is 27.0 Å². The molecule has 0 aliphatic heterocycles. The molecule has 0 fully saturated rings. The van der Waals surface area contributed by atoms with Gasteiger partial charge in [0.25, 0.3) is 5.69 Å². The van der Waals surface area contributed by atoms with Gasteiger partial charge in [-0.3, -0.25) is 20.2 Å². The molecule has 0 saturated heterocycles. The maximum Gasteiger partial charge on any atom is 0.325 e. The highest BCUT2D eigenvalue weighted by atomic mass is 32.2. The van der Waals surface area contributed by atoms with Gasteiger partial charge < -0.3 is 15.4 Å². The van der Waals surface area contributed by atoms with Gasteiger partial charge in [-0.25, -0.2) is 4.79 Å². The number of urea groups is 1. The second-order valence-corrected chi connectivity index (χ2v) is 8.02. The summed E-state index contributed by atoms with van der Waals surface area (Å²) in [6.45, 7) is 0. The van der Waals surface area contributed by atoms with Crippen LogP contribution >= 0.6 is 23.1 Å². The third kappa shape index (κ3) is 6.65. The Morgan fingerprint density at radius 2 is 1.68 bits per heavy atom. The fourth-order valence-electron chi connectivity index (χ4n) is 2.24. The van der Waals surface area contributed by atoms with Crippen LogP contribution in [0.1, 0.15) is 0 Å². The molecule has 0 atom stereocenters. The molecule has 0 aliphatic rings. The number of hydrogen-bond donors (Lipinski definition) is 3. The number of carbonyl (C=O) groups excluding carboxylic acids is 2. The first-order chi connectivity index (χ1) is 14.9. The number of rotatable bonds is 8. The standard InChI is InChI=1S/C18H16N6O5S2/c1-29-14-8-4-12(5-9-14)20-16(26)21-17-22-23-18(31-17)30-10-15(25)19-11-2-6-13(7-3-11)24(27)28/h2-9H,10H2,1H3,(H,19,25)(H2,20,21,22,26). The molecule has 0 spiro atoms. The molecule has 13 heteroatoms. The van der Waals surface area contributed by atoms with E-state index in [4.69, 9.17) is 4.74 Å². The van der Waals surface area contributed by atoms with Crippen LogP contribution in [-0.2, 0) is 4.79 Å². The Hall–Kier alpha value is -3.71.